The maximum Gasteiger partial charge on any atom is 0.248 e. The molecule has 2 N–H and O–H groups in total. The van der Waals surface area contributed by atoms with Gasteiger partial charge in [-0.3, -0.25) is 5.32 Å². The Morgan fingerprint density at radius 2 is 1.77 bits per heavy atom. The molecule has 0 radical (unpaired) electrons. The van der Waals surface area contributed by atoms with Gasteiger partial charge in [-0.2, -0.15) is 0 Å². The first-order chi connectivity index (χ1) is 10.6. The van der Waals surface area contributed by atoms with E-state index in [1.54, 1.807) is 19.3 Å². The van der Waals surface area contributed by atoms with Gasteiger partial charge in [0.25, 0.3) is 0 Å². The predicted molar refractivity (Wildman–Crippen MR) is 87.0 cm³/mol. The Kier molecular flexibility index (Phi) is 6.18. The van der Waals surface area contributed by atoms with Gasteiger partial charge < -0.3 is 9.84 Å². The molecule has 2 atom stereocenters. The second-order valence-corrected chi connectivity index (χ2v) is 6.24. The number of hydrogen-bond donors (Lipinski definition) is 2. The fraction of sp³-hybridized carbons (Fsp3) is 0.375. The van der Waals surface area contributed by atoms with Gasteiger partial charge in [0.2, 0.25) is 5.88 Å². The third kappa shape index (κ3) is 4.98. The van der Waals surface area contributed by atoms with Crippen molar-refractivity contribution in [3.05, 3.63) is 42.7 Å². The van der Waals surface area contributed by atoms with Crippen LogP contribution in [0, 0.1) is 0 Å². The summed E-state index contributed by atoms with van der Waals surface area (Å²) in [6.45, 7) is 5.67. The first-order valence-corrected chi connectivity index (χ1v) is 8.02. The number of hydrogen-bond acceptors (Lipinski definition) is 6. The molecule has 0 saturated carbocycles. The number of aliphatic hydroxyl groups excluding tert-OH is 1. The van der Waals surface area contributed by atoms with Gasteiger partial charge in [-0.1, -0.05) is 30.0 Å². The van der Waals surface area contributed by atoms with Crippen molar-refractivity contribution in [2.75, 3.05) is 0 Å². The molecule has 0 bridgehead atoms. The Balaban J connectivity index is 2.16. The molecule has 6 heteroatoms. The maximum atomic E-state index is 9.86. The molecule has 22 heavy (non-hydrogen) atoms. The lowest BCUT2D eigenvalue weighted by Crippen LogP contribution is -2.46. The van der Waals surface area contributed by atoms with Crippen molar-refractivity contribution in [1.29, 1.82) is 0 Å². The molecule has 2 rings (SSSR count). The van der Waals surface area contributed by atoms with E-state index >= 15 is 0 Å². The number of nitrogens with zero attached hydrogens (tertiary/aromatic N) is 2. The molecule has 2 unspecified atom stereocenters. The largest absolute Gasteiger partial charge is 0.454 e. The molecule has 5 nitrogen and oxygen atoms in total. The predicted octanol–water partition coefficient (Wildman–Crippen LogP) is 2.71. The lowest BCUT2D eigenvalue weighted by molar-refractivity contribution is 0.0167. The molecular weight excluding hydrogens is 298 g/mol. The summed E-state index contributed by atoms with van der Waals surface area (Å²) in [6, 6.07) is 10.1. The van der Waals surface area contributed by atoms with Crippen molar-refractivity contribution >= 4 is 11.8 Å². The first kappa shape index (κ1) is 16.7. The highest BCUT2D eigenvalue weighted by atomic mass is 32.2. The van der Waals surface area contributed by atoms with E-state index in [1.807, 2.05) is 44.2 Å². The molecule has 1 aromatic carbocycles. The highest BCUT2D eigenvalue weighted by molar-refractivity contribution is 7.99. The molecule has 0 amide bonds. The number of aliphatic hydroxyl groups is 1. The lowest BCUT2D eigenvalue weighted by atomic mass is 10.3. The zero-order valence-corrected chi connectivity index (χ0v) is 13.7. The highest BCUT2D eigenvalue weighted by Crippen LogP contribution is 2.31. The molecule has 0 fully saturated rings. The quantitative estimate of drug-likeness (QED) is 0.765. The van der Waals surface area contributed by atoms with E-state index in [0.29, 0.717) is 10.9 Å². The van der Waals surface area contributed by atoms with Crippen LogP contribution in [0.1, 0.15) is 20.8 Å². The van der Waals surface area contributed by atoms with Crippen LogP contribution < -0.4 is 10.1 Å². The molecule has 1 aromatic heterocycles. The fourth-order valence-corrected chi connectivity index (χ4v) is 2.60. The molecule has 1 heterocycles. The van der Waals surface area contributed by atoms with Crippen LogP contribution in [0.2, 0.25) is 0 Å². The van der Waals surface area contributed by atoms with Crippen molar-refractivity contribution in [2.24, 2.45) is 0 Å². The summed E-state index contributed by atoms with van der Waals surface area (Å²) in [4.78, 5) is 9.63. The highest BCUT2D eigenvalue weighted by Gasteiger charge is 2.20. The Bertz CT molecular complexity index is 579. The van der Waals surface area contributed by atoms with E-state index in [9.17, 15) is 5.11 Å². The summed E-state index contributed by atoms with van der Waals surface area (Å²) < 4.78 is 5.83. The van der Waals surface area contributed by atoms with Gasteiger partial charge in [-0.25, -0.2) is 9.97 Å². The minimum Gasteiger partial charge on any atom is -0.454 e. The van der Waals surface area contributed by atoms with Gasteiger partial charge in [0.15, 0.2) is 11.3 Å². The number of rotatable bonds is 7. The van der Waals surface area contributed by atoms with Crippen LogP contribution in [0.15, 0.2) is 52.6 Å². The van der Waals surface area contributed by atoms with Crippen LogP contribution in [0.5, 0.6) is 5.88 Å². The van der Waals surface area contributed by atoms with E-state index in [2.05, 4.69) is 15.3 Å². The minimum atomic E-state index is -0.668. The third-order valence-corrected chi connectivity index (χ3v) is 3.75. The van der Waals surface area contributed by atoms with Crippen LogP contribution in [0.4, 0.5) is 0 Å². The SMILES string of the molecule is CC(C)NC(Oc1nccnc1Sc1ccccc1)C(C)O. The van der Waals surface area contributed by atoms with Crippen molar-refractivity contribution in [3.63, 3.8) is 0 Å². The average Bonchev–Trinajstić information content (AvgIpc) is 2.49. The Morgan fingerprint density at radius 1 is 1.09 bits per heavy atom. The van der Waals surface area contributed by atoms with Crippen LogP contribution >= 0.6 is 11.8 Å². The Morgan fingerprint density at radius 3 is 2.41 bits per heavy atom. The van der Waals surface area contributed by atoms with Crippen molar-refractivity contribution in [3.8, 4) is 5.88 Å². The number of benzene rings is 1. The molecule has 0 aliphatic rings. The summed E-state index contributed by atoms with van der Waals surface area (Å²) in [5.41, 5.74) is 0. The van der Waals surface area contributed by atoms with Gasteiger partial charge in [0, 0.05) is 23.3 Å². The molecule has 0 saturated heterocycles. The number of ether oxygens (including phenoxy) is 1. The Hall–Kier alpha value is -1.63. The minimum absolute atomic E-state index is 0.182. The first-order valence-electron chi connectivity index (χ1n) is 7.21. The molecule has 0 aliphatic heterocycles. The topological polar surface area (TPSA) is 67.3 Å². The normalized spacial score (nSPS) is 13.9. The third-order valence-electron chi connectivity index (χ3n) is 2.77. The summed E-state index contributed by atoms with van der Waals surface area (Å²) in [5.74, 6) is 0.412. The monoisotopic (exact) mass is 319 g/mol. The van der Waals surface area contributed by atoms with Crippen LogP contribution in [0.3, 0.4) is 0 Å². The summed E-state index contributed by atoms with van der Waals surface area (Å²) in [6.07, 6.45) is 2.01. The van der Waals surface area contributed by atoms with Gasteiger partial charge >= 0.3 is 0 Å². The van der Waals surface area contributed by atoms with Crippen LogP contribution in [0.25, 0.3) is 0 Å². The molecule has 118 valence electrons. The van der Waals surface area contributed by atoms with Crippen LogP contribution in [-0.4, -0.2) is 33.4 Å². The molecule has 0 spiro atoms. The molecule has 0 aliphatic carbocycles. The summed E-state index contributed by atoms with van der Waals surface area (Å²) in [7, 11) is 0. The maximum absolute atomic E-state index is 9.86. The van der Waals surface area contributed by atoms with Crippen molar-refractivity contribution in [2.45, 2.75) is 49.1 Å². The zero-order chi connectivity index (χ0) is 15.9. The average molecular weight is 319 g/mol. The zero-order valence-electron chi connectivity index (χ0n) is 12.9. The van der Waals surface area contributed by atoms with Gasteiger partial charge in [-0.05, 0) is 32.9 Å². The van der Waals surface area contributed by atoms with E-state index in [-0.39, 0.29) is 6.04 Å². The van der Waals surface area contributed by atoms with E-state index in [0.717, 1.165) is 4.90 Å². The van der Waals surface area contributed by atoms with Gasteiger partial charge in [0.05, 0.1) is 0 Å². The Labute approximate surface area is 135 Å². The van der Waals surface area contributed by atoms with Gasteiger partial charge in [-0.15, -0.1) is 0 Å². The smallest absolute Gasteiger partial charge is 0.248 e. The summed E-state index contributed by atoms with van der Waals surface area (Å²) >= 11 is 1.48. The second-order valence-electron chi connectivity index (χ2n) is 5.18. The van der Waals surface area contributed by atoms with E-state index in [1.165, 1.54) is 11.8 Å². The lowest BCUT2D eigenvalue weighted by Gasteiger charge is -2.24. The second kappa shape index (κ2) is 8.12. The van der Waals surface area contributed by atoms with Crippen molar-refractivity contribution < 1.29 is 9.84 Å². The summed E-state index contributed by atoms with van der Waals surface area (Å²) in [5, 5.41) is 13.7. The fourth-order valence-electron chi connectivity index (χ4n) is 1.78. The number of aromatic nitrogens is 2. The van der Waals surface area contributed by atoms with Crippen LogP contribution in [-0.2, 0) is 0 Å². The van der Waals surface area contributed by atoms with E-state index in [4.69, 9.17) is 4.74 Å². The van der Waals surface area contributed by atoms with Crippen molar-refractivity contribution in [1.82, 2.24) is 15.3 Å². The molecule has 2 aromatic rings. The van der Waals surface area contributed by atoms with E-state index < -0.39 is 12.3 Å². The van der Waals surface area contributed by atoms with Gasteiger partial charge in [0.1, 0.15) is 6.10 Å². The molecular formula is C16H21N3O2S. The standard InChI is InChI=1S/C16H21N3O2S/c1-11(2)19-14(12(3)20)21-15-16(18-10-9-17-15)22-13-7-5-4-6-8-13/h4-12,14,19-20H,1-3H3. The number of nitrogens with one attached hydrogen (secondary N) is 1.